The van der Waals surface area contributed by atoms with Gasteiger partial charge >= 0.3 is 0 Å². The summed E-state index contributed by atoms with van der Waals surface area (Å²) in [6.45, 7) is 9.03. The van der Waals surface area contributed by atoms with Gasteiger partial charge in [0.05, 0.1) is 6.17 Å². The molecule has 1 amide bonds. The van der Waals surface area contributed by atoms with E-state index in [4.69, 9.17) is 0 Å². The molecule has 16 heavy (non-hydrogen) atoms. The smallest absolute Gasteiger partial charge is 0.227 e. The maximum atomic E-state index is 12.3. The van der Waals surface area contributed by atoms with Crippen molar-refractivity contribution in [1.29, 1.82) is 0 Å². The fourth-order valence-corrected chi connectivity index (χ4v) is 2.82. The van der Waals surface area contributed by atoms with Crippen LogP contribution < -0.4 is 5.32 Å². The van der Waals surface area contributed by atoms with Crippen molar-refractivity contribution in [2.45, 2.75) is 32.9 Å². The Morgan fingerprint density at radius 3 is 3.00 bits per heavy atom. The van der Waals surface area contributed by atoms with Crippen LogP contribution in [0.1, 0.15) is 26.7 Å². The van der Waals surface area contributed by atoms with Crippen molar-refractivity contribution >= 4 is 5.91 Å². The van der Waals surface area contributed by atoms with Crippen molar-refractivity contribution in [2.75, 3.05) is 32.7 Å². The first-order chi connectivity index (χ1) is 7.74. The number of nitrogens with one attached hydrogen (secondary N) is 1. The van der Waals surface area contributed by atoms with E-state index in [1.54, 1.807) is 0 Å². The number of nitrogens with zero attached hydrogens (tertiary/aromatic N) is 2. The number of hydrogen-bond acceptors (Lipinski definition) is 3. The Bertz CT molecular complexity index is 257. The van der Waals surface area contributed by atoms with E-state index in [0.717, 1.165) is 39.1 Å². The predicted molar refractivity (Wildman–Crippen MR) is 64.0 cm³/mol. The summed E-state index contributed by atoms with van der Waals surface area (Å²) >= 11 is 0. The van der Waals surface area contributed by atoms with Gasteiger partial charge in [0, 0.05) is 32.1 Å². The normalized spacial score (nSPS) is 33.1. The highest BCUT2D eigenvalue weighted by atomic mass is 16.2. The highest BCUT2D eigenvalue weighted by Gasteiger charge is 2.34. The van der Waals surface area contributed by atoms with E-state index >= 15 is 0 Å². The van der Waals surface area contributed by atoms with Crippen LogP contribution in [0.25, 0.3) is 0 Å². The molecular weight excluding hydrogens is 202 g/mol. The first kappa shape index (κ1) is 11.9. The van der Waals surface area contributed by atoms with Crippen LogP contribution >= 0.6 is 0 Å². The Kier molecular flexibility index (Phi) is 3.82. The van der Waals surface area contributed by atoms with E-state index in [0.29, 0.717) is 12.1 Å². The third-order valence-electron chi connectivity index (χ3n) is 3.78. The van der Waals surface area contributed by atoms with Gasteiger partial charge in [0.1, 0.15) is 0 Å². The van der Waals surface area contributed by atoms with Crippen LogP contribution in [0.4, 0.5) is 0 Å². The lowest BCUT2D eigenvalue weighted by atomic mass is 10.1. The second-order valence-electron chi connectivity index (χ2n) is 4.89. The van der Waals surface area contributed by atoms with Crippen LogP contribution in [0, 0.1) is 5.92 Å². The second kappa shape index (κ2) is 5.15. The second-order valence-corrected chi connectivity index (χ2v) is 4.89. The standard InChI is InChI=1S/C12H23N3O/c1-3-14-7-4-5-11(14)15-8-6-13-9-10(2)12(15)16/h10-11,13H,3-9H2,1-2H3. The summed E-state index contributed by atoms with van der Waals surface area (Å²) in [5, 5.41) is 3.33. The van der Waals surface area contributed by atoms with E-state index in [9.17, 15) is 4.79 Å². The van der Waals surface area contributed by atoms with Crippen LogP contribution in [0.3, 0.4) is 0 Å². The molecule has 4 heteroatoms. The molecule has 0 aliphatic carbocycles. The Morgan fingerprint density at radius 2 is 2.25 bits per heavy atom. The molecule has 2 fully saturated rings. The Labute approximate surface area is 98.0 Å². The largest absolute Gasteiger partial charge is 0.325 e. The quantitative estimate of drug-likeness (QED) is 0.743. The average molecular weight is 225 g/mol. The van der Waals surface area contributed by atoms with E-state index in [1.807, 2.05) is 6.92 Å². The Morgan fingerprint density at radius 1 is 1.44 bits per heavy atom. The molecule has 1 N–H and O–H groups in total. The molecule has 0 radical (unpaired) electrons. The predicted octanol–water partition coefficient (Wildman–Crippen LogP) is 0.496. The molecule has 92 valence electrons. The lowest BCUT2D eigenvalue weighted by molar-refractivity contribution is -0.139. The van der Waals surface area contributed by atoms with Gasteiger partial charge < -0.3 is 10.2 Å². The average Bonchev–Trinajstić information content (AvgIpc) is 2.69. The number of carbonyl (C=O) groups excluding carboxylic acids is 1. The number of carbonyl (C=O) groups is 1. The minimum absolute atomic E-state index is 0.127. The number of amides is 1. The minimum Gasteiger partial charge on any atom is -0.325 e. The Hall–Kier alpha value is -0.610. The highest BCUT2D eigenvalue weighted by molar-refractivity contribution is 5.79. The zero-order valence-corrected chi connectivity index (χ0v) is 10.4. The lowest BCUT2D eigenvalue weighted by Gasteiger charge is -2.34. The first-order valence-electron chi connectivity index (χ1n) is 6.49. The van der Waals surface area contributed by atoms with Crippen molar-refractivity contribution < 1.29 is 4.79 Å². The van der Waals surface area contributed by atoms with E-state index < -0.39 is 0 Å². The summed E-state index contributed by atoms with van der Waals surface area (Å²) in [4.78, 5) is 16.8. The maximum absolute atomic E-state index is 12.3. The van der Waals surface area contributed by atoms with Crippen LogP contribution in [0.15, 0.2) is 0 Å². The fourth-order valence-electron chi connectivity index (χ4n) is 2.82. The number of hydrogen-bond donors (Lipinski definition) is 1. The summed E-state index contributed by atoms with van der Waals surface area (Å²) in [6.07, 6.45) is 2.73. The van der Waals surface area contributed by atoms with Crippen molar-refractivity contribution in [1.82, 2.24) is 15.1 Å². The van der Waals surface area contributed by atoms with Gasteiger partial charge in [-0.3, -0.25) is 9.69 Å². The molecule has 0 aromatic rings. The van der Waals surface area contributed by atoms with Crippen molar-refractivity contribution in [3.8, 4) is 0 Å². The van der Waals surface area contributed by atoms with Crippen molar-refractivity contribution in [3.63, 3.8) is 0 Å². The zero-order valence-electron chi connectivity index (χ0n) is 10.4. The molecule has 2 rings (SSSR count). The molecule has 0 aromatic carbocycles. The van der Waals surface area contributed by atoms with Crippen LogP contribution in [0.5, 0.6) is 0 Å². The Balaban J connectivity index is 2.08. The molecule has 2 saturated heterocycles. The summed E-state index contributed by atoms with van der Waals surface area (Å²) in [6, 6.07) is 0. The van der Waals surface area contributed by atoms with E-state index in [2.05, 4.69) is 22.0 Å². The third kappa shape index (κ3) is 2.23. The third-order valence-corrected chi connectivity index (χ3v) is 3.78. The molecule has 2 heterocycles. The summed E-state index contributed by atoms with van der Waals surface area (Å²) in [7, 11) is 0. The van der Waals surface area contributed by atoms with Gasteiger partial charge in [-0.05, 0) is 19.4 Å². The molecule has 2 aliphatic heterocycles. The van der Waals surface area contributed by atoms with Gasteiger partial charge in [0.15, 0.2) is 0 Å². The van der Waals surface area contributed by atoms with Crippen molar-refractivity contribution in [2.24, 2.45) is 5.92 Å². The SMILES string of the molecule is CCN1CCCC1N1CCNCC(C)C1=O. The van der Waals surface area contributed by atoms with E-state index in [1.165, 1.54) is 6.42 Å². The van der Waals surface area contributed by atoms with Gasteiger partial charge in [-0.2, -0.15) is 0 Å². The molecule has 0 aromatic heterocycles. The van der Waals surface area contributed by atoms with Gasteiger partial charge in [-0.25, -0.2) is 0 Å². The maximum Gasteiger partial charge on any atom is 0.227 e. The monoisotopic (exact) mass is 225 g/mol. The molecule has 2 aliphatic rings. The fraction of sp³-hybridized carbons (Fsp3) is 0.917. The summed E-state index contributed by atoms with van der Waals surface area (Å²) in [5.41, 5.74) is 0. The van der Waals surface area contributed by atoms with E-state index in [-0.39, 0.29) is 5.92 Å². The number of likely N-dealkylation sites (tertiary alicyclic amines) is 1. The molecule has 0 saturated carbocycles. The van der Waals surface area contributed by atoms with Gasteiger partial charge in [-0.1, -0.05) is 13.8 Å². The molecule has 0 bridgehead atoms. The van der Waals surface area contributed by atoms with Crippen LogP contribution in [-0.4, -0.2) is 54.6 Å². The minimum atomic E-state index is 0.127. The highest BCUT2D eigenvalue weighted by Crippen LogP contribution is 2.22. The topological polar surface area (TPSA) is 35.6 Å². The summed E-state index contributed by atoms with van der Waals surface area (Å²) < 4.78 is 0. The van der Waals surface area contributed by atoms with Gasteiger partial charge in [0.2, 0.25) is 5.91 Å². The van der Waals surface area contributed by atoms with Crippen LogP contribution in [0.2, 0.25) is 0 Å². The zero-order chi connectivity index (χ0) is 11.5. The number of rotatable bonds is 2. The molecular formula is C12H23N3O. The van der Waals surface area contributed by atoms with Crippen molar-refractivity contribution in [3.05, 3.63) is 0 Å². The molecule has 0 spiro atoms. The molecule has 2 unspecified atom stereocenters. The van der Waals surface area contributed by atoms with Crippen LogP contribution in [-0.2, 0) is 4.79 Å². The lowest BCUT2D eigenvalue weighted by Crippen LogP contribution is -2.49. The summed E-state index contributed by atoms with van der Waals surface area (Å²) in [5.74, 6) is 0.456. The first-order valence-corrected chi connectivity index (χ1v) is 6.49. The molecule has 2 atom stereocenters. The van der Waals surface area contributed by atoms with Gasteiger partial charge in [0.25, 0.3) is 0 Å². The van der Waals surface area contributed by atoms with Gasteiger partial charge in [-0.15, -0.1) is 0 Å². The molecule has 4 nitrogen and oxygen atoms in total.